The molecule has 1 saturated carbocycles. The summed E-state index contributed by atoms with van der Waals surface area (Å²) in [6.07, 6.45) is 5.86. The fourth-order valence-electron chi connectivity index (χ4n) is 3.48. The van der Waals surface area contributed by atoms with Crippen molar-refractivity contribution in [2.75, 3.05) is 0 Å². The smallest absolute Gasteiger partial charge is 0.312 e. The maximum atomic E-state index is 12.7. The molecule has 1 aliphatic carbocycles. The van der Waals surface area contributed by atoms with Crippen LogP contribution in [-0.4, -0.2) is 34.2 Å². The van der Waals surface area contributed by atoms with Crippen LogP contribution >= 0.6 is 0 Å². The fourth-order valence-corrected chi connectivity index (χ4v) is 3.48. The normalized spacial score (nSPS) is 21.0. The van der Waals surface area contributed by atoms with Gasteiger partial charge in [0.15, 0.2) is 0 Å². The Bertz CT molecular complexity index is 480. The molecule has 0 bridgehead atoms. The summed E-state index contributed by atoms with van der Waals surface area (Å²) in [7, 11) is 0. The van der Waals surface area contributed by atoms with Gasteiger partial charge in [-0.3, -0.25) is 9.59 Å². The van der Waals surface area contributed by atoms with E-state index in [1.807, 2.05) is 0 Å². The van der Waals surface area contributed by atoms with Gasteiger partial charge in [0.1, 0.15) is 11.1 Å². The first-order valence-electron chi connectivity index (χ1n) is 9.12. The topological polar surface area (TPSA) is 116 Å². The zero-order chi connectivity index (χ0) is 19.3. The Hall–Kier alpha value is -1.40. The highest BCUT2D eigenvalue weighted by Crippen LogP contribution is 2.34. The van der Waals surface area contributed by atoms with E-state index in [-0.39, 0.29) is 6.42 Å². The number of rotatable bonds is 8. The Kier molecular flexibility index (Phi) is 7.62. The summed E-state index contributed by atoms with van der Waals surface area (Å²) in [4.78, 5) is 24.6. The molecular weight excluding hydrogens is 320 g/mol. The van der Waals surface area contributed by atoms with Crippen molar-refractivity contribution in [3.63, 3.8) is 0 Å². The Morgan fingerprint density at radius 1 is 1.28 bits per heavy atom. The molecule has 3 atom stereocenters. The molecular formula is C19H34N2O4. The van der Waals surface area contributed by atoms with Crippen LogP contribution in [-0.2, 0) is 14.3 Å². The molecule has 144 valence electrons. The monoisotopic (exact) mass is 354 g/mol. The lowest BCUT2D eigenvalue weighted by molar-refractivity contribution is -0.167. The van der Waals surface area contributed by atoms with Crippen LogP contribution < -0.4 is 11.5 Å². The van der Waals surface area contributed by atoms with E-state index in [0.29, 0.717) is 12.3 Å². The van der Waals surface area contributed by atoms with E-state index in [0.717, 1.165) is 25.7 Å². The lowest BCUT2D eigenvalue weighted by Crippen LogP contribution is -2.63. The molecule has 0 spiro atoms. The molecule has 5 N–H and O–H groups in total. The highest BCUT2D eigenvalue weighted by atomic mass is 16.6. The Balaban J connectivity index is 3.07. The molecule has 1 fully saturated rings. The minimum absolute atomic E-state index is 0.00648. The summed E-state index contributed by atoms with van der Waals surface area (Å²) >= 11 is 0. The third kappa shape index (κ3) is 6.12. The Morgan fingerprint density at radius 3 is 2.28 bits per heavy atom. The van der Waals surface area contributed by atoms with E-state index >= 15 is 0 Å². The van der Waals surface area contributed by atoms with Gasteiger partial charge in [-0.2, -0.15) is 0 Å². The molecule has 6 nitrogen and oxygen atoms in total. The predicted molar refractivity (Wildman–Crippen MR) is 97.5 cm³/mol. The van der Waals surface area contributed by atoms with Gasteiger partial charge in [0, 0.05) is 0 Å². The number of primary amides is 1. The second kappa shape index (κ2) is 8.81. The summed E-state index contributed by atoms with van der Waals surface area (Å²) < 4.78 is 5.48. The van der Waals surface area contributed by atoms with Gasteiger partial charge in [0.2, 0.25) is 5.91 Å². The minimum Gasteiger partial charge on any atom is -0.460 e. The Labute approximate surface area is 151 Å². The Morgan fingerprint density at radius 2 is 1.84 bits per heavy atom. The molecule has 1 rings (SSSR count). The van der Waals surface area contributed by atoms with Crippen molar-refractivity contribution in [3.05, 3.63) is 12.7 Å². The maximum Gasteiger partial charge on any atom is 0.312 e. The van der Waals surface area contributed by atoms with Gasteiger partial charge in [0.05, 0.1) is 12.0 Å². The number of amides is 1. The van der Waals surface area contributed by atoms with Crippen molar-refractivity contribution in [2.24, 2.45) is 23.3 Å². The maximum absolute atomic E-state index is 12.7. The van der Waals surface area contributed by atoms with E-state index in [1.165, 1.54) is 12.5 Å². The van der Waals surface area contributed by atoms with Crippen LogP contribution in [0.3, 0.4) is 0 Å². The van der Waals surface area contributed by atoms with E-state index in [4.69, 9.17) is 16.2 Å². The van der Waals surface area contributed by atoms with Crippen LogP contribution in [0.4, 0.5) is 0 Å². The van der Waals surface area contributed by atoms with Crippen molar-refractivity contribution >= 4 is 11.9 Å². The van der Waals surface area contributed by atoms with Crippen molar-refractivity contribution in [1.82, 2.24) is 0 Å². The first-order chi connectivity index (χ1) is 11.5. The van der Waals surface area contributed by atoms with Gasteiger partial charge < -0.3 is 21.3 Å². The largest absolute Gasteiger partial charge is 0.460 e. The molecule has 0 aromatic heterocycles. The van der Waals surface area contributed by atoms with Gasteiger partial charge in [-0.15, -0.1) is 6.58 Å². The summed E-state index contributed by atoms with van der Waals surface area (Å²) in [5, 5.41) is 10.9. The first-order valence-corrected chi connectivity index (χ1v) is 9.12. The summed E-state index contributed by atoms with van der Waals surface area (Å²) in [5.74, 6) is -1.97. The number of hydrogen-bond donors (Lipinski definition) is 3. The number of nitrogens with two attached hydrogens (primary N) is 2. The average Bonchev–Trinajstić information content (AvgIpc) is 2.51. The van der Waals surface area contributed by atoms with Crippen LogP contribution in [0, 0.1) is 11.8 Å². The number of esters is 1. The summed E-state index contributed by atoms with van der Waals surface area (Å²) in [6.45, 7) is 8.87. The average molecular weight is 354 g/mol. The molecule has 0 saturated heterocycles. The van der Waals surface area contributed by atoms with Crippen LogP contribution in [0.5, 0.6) is 0 Å². The van der Waals surface area contributed by atoms with Gasteiger partial charge in [0.25, 0.3) is 0 Å². The second-order valence-corrected chi connectivity index (χ2v) is 8.22. The number of carbonyl (C=O) groups is 2. The molecule has 0 aromatic carbocycles. The highest BCUT2D eigenvalue weighted by molar-refractivity contribution is 5.87. The minimum atomic E-state index is -1.74. The highest BCUT2D eigenvalue weighted by Gasteiger charge is 2.47. The van der Waals surface area contributed by atoms with Crippen LogP contribution in [0.25, 0.3) is 0 Å². The lowest BCUT2D eigenvalue weighted by Gasteiger charge is -2.37. The van der Waals surface area contributed by atoms with E-state index in [2.05, 4.69) is 6.58 Å². The number of ether oxygens (including phenoxy) is 1. The molecule has 0 radical (unpaired) electrons. The molecule has 0 aromatic rings. The number of hydrogen-bond acceptors (Lipinski definition) is 5. The van der Waals surface area contributed by atoms with Crippen LogP contribution in [0.1, 0.15) is 65.7 Å². The van der Waals surface area contributed by atoms with Crippen molar-refractivity contribution < 1.29 is 19.4 Å². The third-order valence-corrected chi connectivity index (χ3v) is 4.87. The van der Waals surface area contributed by atoms with Gasteiger partial charge in [-0.05, 0) is 39.5 Å². The van der Waals surface area contributed by atoms with E-state index < -0.39 is 35.0 Å². The second-order valence-electron chi connectivity index (χ2n) is 8.22. The van der Waals surface area contributed by atoms with E-state index in [1.54, 1.807) is 20.8 Å². The molecule has 0 heterocycles. The van der Waals surface area contributed by atoms with Crippen molar-refractivity contribution in [1.29, 1.82) is 0 Å². The van der Waals surface area contributed by atoms with Crippen LogP contribution in [0.2, 0.25) is 0 Å². The van der Waals surface area contributed by atoms with Crippen LogP contribution in [0.15, 0.2) is 12.7 Å². The SMILES string of the molecule is C=CCC(N)(C(N)=O)C(O)C(CC1CCCCC1)C(=O)OC(C)(C)C. The van der Waals surface area contributed by atoms with Gasteiger partial charge in [-0.25, -0.2) is 0 Å². The van der Waals surface area contributed by atoms with Gasteiger partial charge >= 0.3 is 5.97 Å². The zero-order valence-electron chi connectivity index (χ0n) is 15.8. The number of carbonyl (C=O) groups excluding carboxylic acids is 2. The standard InChI is InChI=1S/C19H34N2O4/c1-5-11-19(21,17(20)24)15(22)14(16(23)25-18(2,3)4)12-13-9-7-6-8-10-13/h5,13-15,22H,1,6-12,21H2,2-4H3,(H2,20,24). The molecule has 25 heavy (non-hydrogen) atoms. The summed E-state index contributed by atoms with van der Waals surface area (Å²) in [6, 6.07) is 0. The molecule has 3 unspecified atom stereocenters. The predicted octanol–water partition coefficient (Wildman–Crippen LogP) is 2.03. The zero-order valence-corrected chi connectivity index (χ0v) is 15.8. The fraction of sp³-hybridized carbons (Fsp3) is 0.789. The molecule has 1 amide bonds. The lowest BCUT2D eigenvalue weighted by atomic mass is 9.75. The number of aliphatic hydroxyl groups excluding tert-OH is 1. The third-order valence-electron chi connectivity index (χ3n) is 4.87. The van der Waals surface area contributed by atoms with Crippen molar-refractivity contribution in [3.8, 4) is 0 Å². The molecule has 1 aliphatic rings. The van der Waals surface area contributed by atoms with Crippen molar-refractivity contribution in [2.45, 2.75) is 83.0 Å². The summed E-state index contributed by atoms with van der Waals surface area (Å²) in [5.41, 5.74) is 9.10. The quantitative estimate of drug-likeness (QED) is 0.456. The van der Waals surface area contributed by atoms with Gasteiger partial charge in [-0.1, -0.05) is 38.2 Å². The molecule has 0 aliphatic heterocycles. The molecule has 6 heteroatoms. The first kappa shape index (κ1) is 21.6. The van der Waals surface area contributed by atoms with E-state index in [9.17, 15) is 14.7 Å². The number of aliphatic hydroxyl groups is 1.